The van der Waals surface area contributed by atoms with Crippen LogP contribution in [0.5, 0.6) is 0 Å². The van der Waals surface area contributed by atoms with E-state index >= 15 is 0 Å². The summed E-state index contributed by atoms with van der Waals surface area (Å²) in [5, 5.41) is 37.5. The minimum absolute atomic E-state index is 0.0178. The van der Waals surface area contributed by atoms with Crippen LogP contribution in [0.25, 0.3) is 0 Å². The first-order valence-electron chi connectivity index (χ1n) is 8.11. The molecule has 0 radical (unpaired) electrons. The predicted molar refractivity (Wildman–Crippen MR) is 89.8 cm³/mol. The summed E-state index contributed by atoms with van der Waals surface area (Å²) in [5.41, 5.74) is 6.32. The van der Waals surface area contributed by atoms with Gasteiger partial charge in [-0.15, -0.1) is 0 Å². The SMILES string of the molecule is N/C(=C\N(N)C(COC(CO)CO)COC(CO)CO)CCCC=O. The number of aliphatic hydroxyl groups excluding tert-OH is 4. The molecule has 0 heterocycles. The van der Waals surface area contributed by atoms with Crippen LogP contribution in [0.3, 0.4) is 0 Å². The Kier molecular flexibility index (Phi) is 14.3. The molecule has 0 aliphatic rings. The number of ether oxygens (including phenoxy) is 2. The number of hydrogen-bond donors (Lipinski definition) is 6. The number of unbranched alkanes of at least 4 members (excludes halogenated alkanes) is 1. The average molecular weight is 365 g/mol. The lowest BCUT2D eigenvalue weighted by Gasteiger charge is -2.29. The topological polar surface area (TPSA) is 172 Å². The zero-order valence-electron chi connectivity index (χ0n) is 14.4. The minimum atomic E-state index is -0.753. The van der Waals surface area contributed by atoms with Crippen molar-refractivity contribution in [1.29, 1.82) is 0 Å². The lowest BCUT2D eigenvalue weighted by molar-refractivity contribution is -0.107. The maximum Gasteiger partial charge on any atom is 0.120 e. The van der Waals surface area contributed by atoms with Crippen molar-refractivity contribution in [3.8, 4) is 0 Å². The molecule has 0 rings (SSSR count). The number of allylic oxidation sites excluding steroid dienone is 1. The quantitative estimate of drug-likeness (QED) is 0.0739. The van der Waals surface area contributed by atoms with Gasteiger partial charge in [-0.05, 0) is 12.8 Å². The summed E-state index contributed by atoms with van der Waals surface area (Å²) >= 11 is 0. The molecule has 0 aliphatic carbocycles. The number of nitrogens with zero attached hydrogens (tertiary/aromatic N) is 1. The summed E-state index contributed by atoms with van der Waals surface area (Å²) in [6.45, 7) is -1.38. The first kappa shape index (κ1) is 23.7. The summed E-state index contributed by atoms with van der Waals surface area (Å²) in [6, 6.07) is -0.536. The third kappa shape index (κ3) is 11.1. The highest BCUT2D eigenvalue weighted by atomic mass is 16.5. The van der Waals surface area contributed by atoms with Crippen LogP contribution in [0.1, 0.15) is 19.3 Å². The van der Waals surface area contributed by atoms with Crippen LogP contribution in [0.2, 0.25) is 0 Å². The fourth-order valence-corrected chi connectivity index (χ4v) is 1.79. The van der Waals surface area contributed by atoms with Gasteiger partial charge in [0.25, 0.3) is 0 Å². The number of rotatable bonds is 16. The zero-order chi connectivity index (χ0) is 19.1. The lowest BCUT2D eigenvalue weighted by Crippen LogP contribution is -2.46. The van der Waals surface area contributed by atoms with E-state index in [0.717, 1.165) is 6.29 Å². The molecule has 148 valence electrons. The van der Waals surface area contributed by atoms with Gasteiger partial charge < -0.3 is 45.4 Å². The van der Waals surface area contributed by atoms with Crippen LogP contribution in [0, 0.1) is 0 Å². The highest BCUT2D eigenvalue weighted by Gasteiger charge is 2.19. The van der Waals surface area contributed by atoms with Crippen molar-refractivity contribution in [2.45, 2.75) is 37.5 Å². The predicted octanol–water partition coefficient (Wildman–Crippen LogP) is -2.56. The van der Waals surface area contributed by atoms with E-state index in [0.29, 0.717) is 25.0 Å². The van der Waals surface area contributed by atoms with Crippen molar-refractivity contribution in [3.63, 3.8) is 0 Å². The minimum Gasteiger partial charge on any atom is -0.401 e. The molecule has 8 N–H and O–H groups in total. The van der Waals surface area contributed by atoms with E-state index < -0.39 is 18.2 Å². The molecule has 0 amide bonds. The van der Waals surface area contributed by atoms with E-state index in [2.05, 4.69) is 0 Å². The van der Waals surface area contributed by atoms with E-state index in [9.17, 15) is 4.79 Å². The fraction of sp³-hybridized carbons (Fsp3) is 0.800. The van der Waals surface area contributed by atoms with E-state index in [4.69, 9.17) is 41.5 Å². The smallest absolute Gasteiger partial charge is 0.120 e. The largest absolute Gasteiger partial charge is 0.401 e. The molecule has 0 aromatic rings. The normalized spacial score (nSPS) is 12.4. The van der Waals surface area contributed by atoms with Crippen LogP contribution in [-0.4, -0.2) is 89.6 Å². The maximum atomic E-state index is 10.3. The summed E-state index contributed by atoms with van der Waals surface area (Å²) in [6.07, 6.45) is 2.29. The van der Waals surface area contributed by atoms with Gasteiger partial charge >= 0.3 is 0 Å². The van der Waals surface area contributed by atoms with Crippen LogP contribution < -0.4 is 11.6 Å². The molecule has 0 fully saturated rings. The molecule has 0 aromatic heterocycles. The van der Waals surface area contributed by atoms with Gasteiger partial charge in [0.05, 0.1) is 45.7 Å². The number of aldehydes is 1. The lowest BCUT2D eigenvalue weighted by atomic mass is 10.2. The molecule has 10 nitrogen and oxygen atoms in total. The summed E-state index contributed by atoms with van der Waals surface area (Å²) in [4.78, 5) is 10.3. The Balaban J connectivity index is 4.76. The molecule has 0 aliphatic heterocycles. The number of aliphatic hydroxyl groups is 4. The summed E-state index contributed by atoms with van der Waals surface area (Å²) in [7, 11) is 0. The van der Waals surface area contributed by atoms with Gasteiger partial charge in [-0.1, -0.05) is 0 Å². The van der Waals surface area contributed by atoms with Crippen molar-refractivity contribution in [2.24, 2.45) is 11.6 Å². The van der Waals surface area contributed by atoms with Crippen LogP contribution in [-0.2, 0) is 14.3 Å². The molecule has 0 spiro atoms. The highest BCUT2D eigenvalue weighted by Crippen LogP contribution is 2.06. The van der Waals surface area contributed by atoms with Gasteiger partial charge in [-0.2, -0.15) is 0 Å². The van der Waals surface area contributed by atoms with Crippen LogP contribution in [0.4, 0.5) is 0 Å². The molecular formula is C15H31N3O7. The number of hydrogen-bond acceptors (Lipinski definition) is 10. The molecule has 0 saturated carbocycles. The van der Waals surface area contributed by atoms with Gasteiger partial charge in [0, 0.05) is 18.3 Å². The van der Waals surface area contributed by atoms with Crippen molar-refractivity contribution < 1.29 is 34.7 Å². The molecule has 25 heavy (non-hydrogen) atoms. The Hall–Kier alpha value is -1.27. The van der Waals surface area contributed by atoms with Gasteiger partial charge in [0.1, 0.15) is 18.5 Å². The standard InChI is InChI=1S/C15H31N3O7/c16-12(3-1-2-4-19)5-18(17)13(10-24-14(6-20)7-21)11-25-15(8-22)9-23/h4-5,13-15,20-23H,1-3,6-11,16-17H2/b12-5-. The fourth-order valence-electron chi connectivity index (χ4n) is 1.79. The number of nitrogens with two attached hydrogens (primary N) is 2. The van der Waals surface area contributed by atoms with Gasteiger partial charge in [-0.25, -0.2) is 5.84 Å². The van der Waals surface area contributed by atoms with E-state index in [-0.39, 0.29) is 39.6 Å². The second-order valence-electron chi connectivity index (χ2n) is 5.50. The summed E-state index contributed by atoms with van der Waals surface area (Å²) < 4.78 is 10.7. The van der Waals surface area contributed by atoms with Gasteiger partial charge in [-0.3, -0.25) is 0 Å². The maximum absolute atomic E-state index is 10.3. The summed E-state index contributed by atoms with van der Waals surface area (Å²) in [5.74, 6) is 5.96. The number of carbonyl (C=O) groups excluding carboxylic acids is 1. The van der Waals surface area contributed by atoms with E-state index in [1.54, 1.807) is 0 Å². The molecule has 0 unspecified atom stereocenters. The molecule has 0 bridgehead atoms. The van der Waals surface area contributed by atoms with Crippen LogP contribution >= 0.6 is 0 Å². The second kappa shape index (κ2) is 15.0. The molecule has 0 aromatic carbocycles. The van der Waals surface area contributed by atoms with Gasteiger partial charge in [0.15, 0.2) is 0 Å². The van der Waals surface area contributed by atoms with Crippen molar-refractivity contribution in [2.75, 3.05) is 39.6 Å². The van der Waals surface area contributed by atoms with Crippen molar-refractivity contribution >= 4 is 6.29 Å². The highest BCUT2D eigenvalue weighted by molar-refractivity contribution is 5.49. The molecule has 10 heteroatoms. The Bertz CT molecular complexity index is 347. The Morgan fingerprint density at radius 3 is 1.88 bits per heavy atom. The van der Waals surface area contributed by atoms with Crippen molar-refractivity contribution in [3.05, 3.63) is 11.9 Å². The zero-order valence-corrected chi connectivity index (χ0v) is 14.4. The van der Waals surface area contributed by atoms with Gasteiger partial charge in [0.2, 0.25) is 0 Å². The third-order valence-electron chi connectivity index (χ3n) is 3.39. The van der Waals surface area contributed by atoms with E-state index in [1.807, 2.05) is 0 Å². The molecular weight excluding hydrogens is 334 g/mol. The van der Waals surface area contributed by atoms with Crippen LogP contribution in [0.15, 0.2) is 11.9 Å². The first-order valence-corrected chi connectivity index (χ1v) is 8.11. The molecule has 0 saturated heterocycles. The monoisotopic (exact) mass is 365 g/mol. The first-order chi connectivity index (χ1) is 12.0. The Morgan fingerprint density at radius 1 is 1.00 bits per heavy atom. The third-order valence-corrected chi connectivity index (χ3v) is 3.39. The van der Waals surface area contributed by atoms with Crippen molar-refractivity contribution in [1.82, 2.24) is 5.01 Å². The Labute approximate surface area is 147 Å². The Morgan fingerprint density at radius 2 is 1.48 bits per heavy atom. The number of hydrazine groups is 1. The molecule has 0 atom stereocenters. The second-order valence-corrected chi connectivity index (χ2v) is 5.50. The van der Waals surface area contributed by atoms with E-state index in [1.165, 1.54) is 11.2 Å². The average Bonchev–Trinajstić information content (AvgIpc) is 2.61. The number of carbonyl (C=O) groups is 1.